The number of hydrogen-bond donors (Lipinski definition) is 3. The van der Waals surface area contributed by atoms with Gasteiger partial charge in [-0.1, -0.05) is 103 Å². The Morgan fingerprint density at radius 2 is 1.16 bits per heavy atom. The number of aliphatic carboxylic acids is 2. The van der Waals surface area contributed by atoms with Gasteiger partial charge in [-0.15, -0.1) is 0 Å². The molecule has 0 aliphatic heterocycles. The van der Waals surface area contributed by atoms with Gasteiger partial charge in [-0.2, -0.15) is 0 Å². The fourth-order valence-electron chi connectivity index (χ4n) is 4.32. The number of carbonyl (C=O) groups excluding carboxylic acids is 2. The third-order valence-electron chi connectivity index (χ3n) is 6.34. The quantitative estimate of drug-likeness (QED) is 0.151. The molecule has 1 aromatic carbocycles. The van der Waals surface area contributed by atoms with Crippen molar-refractivity contribution in [1.82, 2.24) is 4.90 Å². The van der Waals surface area contributed by atoms with Gasteiger partial charge in [0.2, 0.25) is 5.91 Å². The first-order valence-corrected chi connectivity index (χ1v) is 14.0. The minimum absolute atomic E-state index is 0.118. The van der Waals surface area contributed by atoms with E-state index in [1.807, 2.05) is 0 Å². The van der Waals surface area contributed by atoms with Crippen LogP contribution < -0.4 is 5.32 Å². The van der Waals surface area contributed by atoms with Crippen LogP contribution in [0.5, 0.6) is 0 Å². The predicted molar refractivity (Wildman–Crippen MR) is 146 cm³/mol. The monoisotopic (exact) mass is 518 g/mol. The van der Waals surface area contributed by atoms with Gasteiger partial charge < -0.3 is 20.4 Å². The Morgan fingerprint density at radius 1 is 0.703 bits per heavy atom. The fourth-order valence-corrected chi connectivity index (χ4v) is 4.32. The number of rotatable bonds is 22. The van der Waals surface area contributed by atoms with Crippen LogP contribution in [0.3, 0.4) is 0 Å². The molecule has 0 aromatic heterocycles. The smallest absolute Gasteiger partial charge is 0.323 e. The van der Waals surface area contributed by atoms with Crippen LogP contribution in [-0.2, 0) is 14.4 Å². The molecule has 0 heterocycles. The summed E-state index contributed by atoms with van der Waals surface area (Å²) in [5.74, 6) is -3.47. The Bertz CT molecular complexity index is 810. The summed E-state index contributed by atoms with van der Waals surface area (Å²) in [6.45, 7) is 0.808. The van der Waals surface area contributed by atoms with Gasteiger partial charge in [-0.05, 0) is 24.6 Å². The molecule has 0 saturated carbocycles. The van der Waals surface area contributed by atoms with Gasteiger partial charge in [0, 0.05) is 17.7 Å². The topological polar surface area (TPSA) is 124 Å². The first-order valence-electron chi connectivity index (χ1n) is 14.0. The van der Waals surface area contributed by atoms with E-state index in [9.17, 15) is 19.2 Å². The molecule has 0 aliphatic rings. The van der Waals surface area contributed by atoms with Crippen LogP contribution in [0.4, 0.5) is 5.69 Å². The SMILES string of the molecule is CCCCCCCCCCCCCCCCCC(=O)Nc1cccc(C(=O)N(CC(=O)O)CC(=O)O)c1. The number of benzene rings is 1. The molecule has 1 aromatic rings. The van der Waals surface area contributed by atoms with E-state index in [1.165, 1.54) is 89.2 Å². The highest BCUT2D eigenvalue weighted by Gasteiger charge is 2.21. The molecule has 0 fully saturated rings. The molecule has 1 rings (SSSR count). The zero-order valence-electron chi connectivity index (χ0n) is 22.5. The second-order valence-electron chi connectivity index (χ2n) is 9.78. The van der Waals surface area contributed by atoms with E-state index in [0.29, 0.717) is 12.1 Å². The number of amides is 2. The summed E-state index contributed by atoms with van der Waals surface area (Å²) in [6, 6.07) is 6.10. The first kappa shape index (κ1) is 32.1. The van der Waals surface area contributed by atoms with Gasteiger partial charge in [-0.25, -0.2) is 0 Å². The number of anilines is 1. The predicted octanol–water partition coefficient (Wildman–Crippen LogP) is 6.50. The largest absolute Gasteiger partial charge is 0.480 e. The highest BCUT2D eigenvalue weighted by molar-refractivity contribution is 5.99. The zero-order valence-corrected chi connectivity index (χ0v) is 22.5. The summed E-state index contributed by atoms with van der Waals surface area (Å²) < 4.78 is 0. The van der Waals surface area contributed by atoms with Crippen molar-refractivity contribution in [3.05, 3.63) is 29.8 Å². The average Bonchev–Trinajstić information content (AvgIpc) is 2.85. The number of carboxylic acids is 2. The lowest BCUT2D eigenvalue weighted by molar-refractivity contribution is -0.140. The van der Waals surface area contributed by atoms with E-state index in [4.69, 9.17) is 10.2 Å². The summed E-state index contributed by atoms with van der Waals surface area (Å²) in [6.07, 6.45) is 19.3. The Labute approximate surface area is 221 Å². The molecule has 8 heteroatoms. The summed E-state index contributed by atoms with van der Waals surface area (Å²) in [5.41, 5.74) is 0.537. The van der Waals surface area contributed by atoms with Crippen molar-refractivity contribution in [1.29, 1.82) is 0 Å². The van der Waals surface area contributed by atoms with E-state index in [0.717, 1.165) is 24.2 Å². The standard InChI is InChI=1S/C29H46N2O6/c1-2-3-4-5-6-7-8-9-10-11-12-13-14-15-16-20-26(32)30-25-19-17-18-24(21-25)29(37)31(22-27(33)34)23-28(35)36/h17-19,21H,2-16,20,22-23H2,1H3,(H,30,32)(H,33,34)(H,35,36). The van der Waals surface area contributed by atoms with Crippen LogP contribution in [0, 0.1) is 0 Å². The summed E-state index contributed by atoms with van der Waals surface area (Å²) >= 11 is 0. The first-order chi connectivity index (χ1) is 17.8. The molecule has 2 amide bonds. The van der Waals surface area contributed by atoms with Crippen LogP contribution in [0.1, 0.15) is 120 Å². The highest BCUT2D eigenvalue weighted by Crippen LogP contribution is 2.16. The molecular weight excluding hydrogens is 472 g/mol. The number of nitrogens with zero attached hydrogens (tertiary/aromatic N) is 1. The van der Waals surface area contributed by atoms with Crippen molar-refractivity contribution in [2.24, 2.45) is 0 Å². The van der Waals surface area contributed by atoms with Crippen LogP contribution in [-0.4, -0.2) is 52.0 Å². The highest BCUT2D eigenvalue weighted by atomic mass is 16.4. The molecule has 0 atom stereocenters. The van der Waals surface area contributed by atoms with Crippen LogP contribution in [0.25, 0.3) is 0 Å². The van der Waals surface area contributed by atoms with Crippen molar-refractivity contribution in [2.45, 2.75) is 110 Å². The molecule has 0 spiro atoms. The third kappa shape index (κ3) is 16.5. The van der Waals surface area contributed by atoms with E-state index in [1.54, 1.807) is 12.1 Å². The molecular formula is C29H46N2O6. The second kappa shape index (κ2) is 20.2. The van der Waals surface area contributed by atoms with Gasteiger partial charge in [0.05, 0.1) is 0 Å². The third-order valence-corrected chi connectivity index (χ3v) is 6.34. The van der Waals surface area contributed by atoms with Gasteiger partial charge in [0.25, 0.3) is 5.91 Å². The number of carboxylic acid groups (broad SMARTS) is 2. The van der Waals surface area contributed by atoms with Crippen LogP contribution in [0.15, 0.2) is 24.3 Å². The minimum Gasteiger partial charge on any atom is -0.480 e. The van der Waals surface area contributed by atoms with Crippen molar-refractivity contribution in [3.8, 4) is 0 Å². The fraction of sp³-hybridized carbons (Fsp3) is 0.655. The number of hydrogen-bond acceptors (Lipinski definition) is 4. The maximum absolute atomic E-state index is 12.6. The zero-order chi connectivity index (χ0) is 27.3. The molecule has 0 unspecified atom stereocenters. The normalized spacial score (nSPS) is 10.7. The van der Waals surface area contributed by atoms with Crippen molar-refractivity contribution in [2.75, 3.05) is 18.4 Å². The van der Waals surface area contributed by atoms with E-state index >= 15 is 0 Å². The molecule has 8 nitrogen and oxygen atoms in total. The lowest BCUT2D eigenvalue weighted by Crippen LogP contribution is -2.39. The maximum atomic E-state index is 12.6. The van der Waals surface area contributed by atoms with Crippen molar-refractivity contribution < 1.29 is 29.4 Å². The van der Waals surface area contributed by atoms with Gasteiger partial charge in [0.1, 0.15) is 13.1 Å². The van der Waals surface area contributed by atoms with Gasteiger partial charge in [-0.3, -0.25) is 19.2 Å². The Balaban J connectivity index is 2.20. The van der Waals surface area contributed by atoms with Gasteiger partial charge >= 0.3 is 11.9 Å². The van der Waals surface area contributed by atoms with E-state index in [2.05, 4.69) is 12.2 Å². The van der Waals surface area contributed by atoms with E-state index < -0.39 is 30.9 Å². The second-order valence-corrected chi connectivity index (χ2v) is 9.78. The maximum Gasteiger partial charge on any atom is 0.323 e. The number of nitrogens with one attached hydrogen (secondary N) is 1. The van der Waals surface area contributed by atoms with E-state index in [-0.39, 0.29) is 11.5 Å². The molecule has 0 bridgehead atoms. The molecule has 0 saturated heterocycles. The van der Waals surface area contributed by atoms with Crippen molar-refractivity contribution >= 4 is 29.4 Å². The Hall–Kier alpha value is -2.90. The Morgan fingerprint density at radius 3 is 1.62 bits per heavy atom. The average molecular weight is 519 g/mol. The molecule has 3 N–H and O–H groups in total. The van der Waals surface area contributed by atoms with Gasteiger partial charge in [0.15, 0.2) is 0 Å². The number of carbonyl (C=O) groups is 4. The van der Waals surface area contributed by atoms with Crippen LogP contribution >= 0.6 is 0 Å². The molecule has 37 heavy (non-hydrogen) atoms. The summed E-state index contributed by atoms with van der Waals surface area (Å²) in [7, 11) is 0. The van der Waals surface area contributed by atoms with Crippen molar-refractivity contribution in [3.63, 3.8) is 0 Å². The molecule has 0 radical (unpaired) electrons. The summed E-state index contributed by atoms with van der Waals surface area (Å²) in [4.78, 5) is 47.6. The minimum atomic E-state index is -1.30. The number of unbranched alkanes of at least 4 members (excludes halogenated alkanes) is 14. The summed E-state index contributed by atoms with van der Waals surface area (Å²) in [5, 5.41) is 20.7. The lowest BCUT2D eigenvalue weighted by atomic mass is 10.0. The lowest BCUT2D eigenvalue weighted by Gasteiger charge is -2.18. The molecule has 0 aliphatic carbocycles. The molecule has 208 valence electrons. The Kier molecular flexibility index (Phi) is 17.5. The van der Waals surface area contributed by atoms with Crippen LogP contribution in [0.2, 0.25) is 0 Å².